The van der Waals surface area contributed by atoms with Gasteiger partial charge in [-0.2, -0.15) is 0 Å². The first-order valence-corrected chi connectivity index (χ1v) is 6.47. The van der Waals surface area contributed by atoms with Crippen molar-refractivity contribution in [3.8, 4) is 0 Å². The number of hydrogen-bond acceptors (Lipinski definition) is 4. The Morgan fingerprint density at radius 3 is 2.69 bits per heavy atom. The van der Waals surface area contributed by atoms with Gasteiger partial charge in [0.2, 0.25) is 0 Å². The Labute approximate surface area is 110 Å². The summed E-state index contributed by atoms with van der Waals surface area (Å²) in [6.07, 6.45) is 2.67. The molecule has 0 saturated carbocycles. The van der Waals surface area contributed by atoms with E-state index in [0.717, 1.165) is 28.2 Å². The van der Waals surface area contributed by atoms with Crippen LogP contribution in [0.4, 0.5) is 5.82 Å². The molecule has 1 aromatic rings. The van der Waals surface area contributed by atoms with Crippen LogP contribution in [-0.4, -0.2) is 23.6 Å². The predicted molar refractivity (Wildman–Crippen MR) is 73.6 cm³/mol. The van der Waals surface area contributed by atoms with Gasteiger partial charge in [0.15, 0.2) is 5.82 Å². The molecule has 16 heavy (non-hydrogen) atoms. The smallest absolute Gasteiger partial charge is 0.162 e. The molecule has 0 aromatic carbocycles. The highest BCUT2D eigenvalue weighted by molar-refractivity contribution is 14.1. The van der Waals surface area contributed by atoms with Gasteiger partial charge in [-0.25, -0.2) is 9.97 Å². The largest absolute Gasteiger partial charge is 0.371 e. The van der Waals surface area contributed by atoms with Crippen LogP contribution in [0.25, 0.3) is 0 Å². The van der Waals surface area contributed by atoms with Crippen LogP contribution < -0.4 is 5.32 Å². The summed E-state index contributed by atoms with van der Waals surface area (Å²) < 4.78 is 6.52. The zero-order valence-electron chi connectivity index (χ0n) is 10.2. The highest BCUT2D eigenvalue weighted by atomic mass is 127. The van der Waals surface area contributed by atoms with Crippen LogP contribution in [0.2, 0.25) is 0 Å². The van der Waals surface area contributed by atoms with Crippen molar-refractivity contribution < 1.29 is 4.74 Å². The number of nitrogens with zero attached hydrogens (tertiary/aromatic N) is 2. The third kappa shape index (κ3) is 2.82. The van der Waals surface area contributed by atoms with E-state index in [9.17, 15) is 0 Å². The minimum absolute atomic E-state index is 0.408. The molecule has 5 heteroatoms. The lowest BCUT2D eigenvalue weighted by molar-refractivity contribution is -0.00890. The van der Waals surface area contributed by atoms with Gasteiger partial charge < -0.3 is 10.1 Å². The fourth-order valence-corrected chi connectivity index (χ4v) is 1.76. The Balaban J connectivity index is 3.10. The molecule has 0 radical (unpaired) electrons. The minimum atomic E-state index is -0.408. The first kappa shape index (κ1) is 13.6. The molecule has 1 unspecified atom stereocenters. The summed E-state index contributed by atoms with van der Waals surface area (Å²) in [4.78, 5) is 8.87. The van der Waals surface area contributed by atoms with Crippen molar-refractivity contribution >= 4 is 28.4 Å². The second-order valence-electron chi connectivity index (χ2n) is 3.71. The molecule has 0 aliphatic rings. The average Bonchev–Trinajstić information content (AvgIpc) is 2.31. The normalized spacial score (nSPS) is 14.6. The lowest BCUT2D eigenvalue weighted by atomic mass is 10.0. The Bertz CT molecular complexity index is 353. The van der Waals surface area contributed by atoms with Crippen LogP contribution in [0, 0.1) is 3.57 Å². The maximum atomic E-state index is 5.49. The number of anilines is 1. The van der Waals surface area contributed by atoms with Crippen molar-refractivity contribution in [1.29, 1.82) is 0 Å². The molecule has 90 valence electrons. The maximum Gasteiger partial charge on any atom is 0.162 e. The van der Waals surface area contributed by atoms with E-state index < -0.39 is 5.60 Å². The van der Waals surface area contributed by atoms with Gasteiger partial charge in [-0.3, -0.25) is 0 Å². The molecule has 1 heterocycles. The third-order valence-corrected chi connectivity index (χ3v) is 3.48. The number of methoxy groups -OCH3 is 1. The van der Waals surface area contributed by atoms with Crippen LogP contribution in [0.3, 0.4) is 0 Å². The van der Waals surface area contributed by atoms with Crippen molar-refractivity contribution in [2.45, 2.75) is 32.8 Å². The van der Waals surface area contributed by atoms with Gasteiger partial charge in [-0.15, -0.1) is 0 Å². The predicted octanol–water partition coefficient (Wildman–Crippen LogP) is 2.78. The van der Waals surface area contributed by atoms with Gasteiger partial charge in [0.1, 0.15) is 11.4 Å². The molecule has 0 aliphatic carbocycles. The van der Waals surface area contributed by atoms with Crippen molar-refractivity contribution in [2.24, 2.45) is 0 Å². The number of ether oxygens (including phenoxy) is 1. The Morgan fingerprint density at radius 2 is 2.19 bits per heavy atom. The molecule has 1 atom stereocenters. The van der Waals surface area contributed by atoms with E-state index in [0.29, 0.717) is 0 Å². The Kier molecular flexibility index (Phi) is 4.91. The number of hydrogen-bond donors (Lipinski definition) is 1. The molecule has 1 N–H and O–H groups in total. The molecule has 1 aromatic heterocycles. The molecule has 0 saturated heterocycles. The van der Waals surface area contributed by atoms with E-state index in [2.05, 4.69) is 44.8 Å². The van der Waals surface area contributed by atoms with Gasteiger partial charge in [-0.1, -0.05) is 6.92 Å². The van der Waals surface area contributed by atoms with Gasteiger partial charge in [0.25, 0.3) is 0 Å². The first-order chi connectivity index (χ1) is 7.57. The van der Waals surface area contributed by atoms with Gasteiger partial charge in [0.05, 0.1) is 3.57 Å². The maximum absolute atomic E-state index is 5.49. The fraction of sp³-hybridized carbons (Fsp3) is 0.636. The number of nitrogens with one attached hydrogen (secondary N) is 1. The molecule has 0 bridgehead atoms. The van der Waals surface area contributed by atoms with Crippen molar-refractivity contribution in [1.82, 2.24) is 9.97 Å². The second-order valence-corrected chi connectivity index (χ2v) is 4.87. The van der Waals surface area contributed by atoms with Crippen LogP contribution in [-0.2, 0) is 10.3 Å². The van der Waals surface area contributed by atoms with Crippen LogP contribution >= 0.6 is 22.6 Å². The molecule has 4 nitrogen and oxygen atoms in total. The highest BCUT2D eigenvalue weighted by Crippen LogP contribution is 2.27. The van der Waals surface area contributed by atoms with E-state index >= 15 is 0 Å². The third-order valence-electron chi connectivity index (χ3n) is 2.69. The van der Waals surface area contributed by atoms with Crippen molar-refractivity contribution in [2.75, 3.05) is 19.0 Å². The van der Waals surface area contributed by atoms with Crippen LogP contribution in [0.5, 0.6) is 0 Å². The van der Waals surface area contributed by atoms with E-state index in [-0.39, 0.29) is 0 Å². The summed E-state index contributed by atoms with van der Waals surface area (Å²) in [5, 5.41) is 3.22. The molecular formula is C11H18IN3O. The average molecular weight is 335 g/mol. The first-order valence-electron chi connectivity index (χ1n) is 5.39. The standard InChI is InChI=1S/C11H18IN3O/c1-5-11(3,16-4)10-14-7-8(12)9(15-10)13-6-2/h7H,5-6H2,1-4H3,(H,13,14,15). The van der Waals surface area contributed by atoms with Crippen LogP contribution in [0.15, 0.2) is 6.20 Å². The van der Waals surface area contributed by atoms with Gasteiger partial charge in [-0.05, 0) is 42.9 Å². The molecule has 0 aliphatic heterocycles. The summed E-state index contributed by atoms with van der Waals surface area (Å²) >= 11 is 2.22. The van der Waals surface area contributed by atoms with E-state index in [1.807, 2.05) is 20.0 Å². The molecule has 0 spiro atoms. The lowest BCUT2D eigenvalue weighted by Gasteiger charge is -2.25. The summed E-state index contributed by atoms with van der Waals surface area (Å²) in [7, 11) is 1.69. The fourth-order valence-electron chi connectivity index (χ4n) is 1.31. The van der Waals surface area contributed by atoms with E-state index in [1.165, 1.54) is 0 Å². The van der Waals surface area contributed by atoms with Crippen molar-refractivity contribution in [3.05, 3.63) is 15.6 Å². The highest BCUT2D eigenvalue weighted by Gasteiger charge is 2.27. The van der Waals surface area contributed by atoms with E-state index in [1.54, 1.807) is 7.11 Å². The number of rotatable bonds is 5. The zero-order chi connectivity index (χ0) is 12.2. The topological polar surface area (TPSA) is 47.0 Å². The van der Waals surface area contributed by atoms with Gasteiger partial charge in [0, 0.05) is 19.9 Å². The zero-order valence-corrected chi connectivity index (χ0v) is 12.3. The summed E-state index contributed by atoms with van der Waals surface area (Å²) in [6.45, 7) is 6.97. The Hall–Kier alpha value is -0.430. The SMILES string of the molecule is CCNc1nc(C(C)(CC)OC)ncc1I. The van der Waals surface area contributed by atoms with Crippen LogP contribution in [0.1, 0.15) is 33.0 Å². The minimum Gasteiger partial charge on any atom is -0.371 e. The van der Waals surface area contributed by atoms with Gasteiger partial charge >= 0.3 is 0 Å². The quantitative estimate of drug-likeness (QED) is 0.841. The summed E-state index contributed by atoms with van der Waals surface area (Å²) in [5.41, 5.74) is -0.408. The monoisotopic (exact) mass is 335 g/mol. The molecule has 0 amide bonds. The lowest BCUT2D eigenvalue weighted by Crippen LogP contribution is -2.26. The van der Waals surface area contributed by atoms with E-state index in [4.69, 9.17) is 4.74 Å². The summed E-state index contributed by atoms with van der Waals surface area (Å²) in [6, 6.07) is 0. The summed E-state index contributed by atoms with van der Waals surface area (Å²) in [5.74, 6) is 1.61. The number of halogens is 1. The molecule has 0 fully saturated rings. The Morgan fingerprint density at radius 1 is 1.50 bits per heavy atom. The molecule has 1 rings (SSSR count). The number of aromatic nitrogens is 2. The second kappa shape index (κ2) is 5.77. The molecular weight excluding hydrogens is 317 g/mol. The van der Waals surface area contributed by atoms with Crippen molar-refractivity contribution in [3.63, 3.8) is 0 Å².